The smallest absolute Gasteiger partial charge is 0.0414 e. The van der Waals surface area contributed by atoms with Crippen molar-refractivity contribution in [2.75, 3.05) is 0 Å². The molecule has 0 aliphatic rings. The van der Waals surface area contributed by atoms with Crippen LogP contribution in [0.3, 0.4) is 0 Å². The second-order valence-corrected chi connectivity index (χ2v) is 4.32. The molecular weight excluding hydrogens is 156 g/mol. The van der Waals surface area contributed by atoms with Gasteiger partial charge in [0.25, 0.3) is 0 Å². The summed E-state index contributed by atoms with van der Waals surface area (Å²) in [4.78, 5) is 0. The maximum Gasteiger partial charge on any atom is -0.0414 e. The molecule has 2 radical (unpaired) electrons. The van der Waals surface area contributed by atoms with E-state index in [1.54, 1.807) is 0 Å². The van der Waals surface area contributed by atoms with Gasteiger partial charge in [-0.2, -0.15) is 0 Å². The third kappa shape index (κ3) is 8.33. The lowest BCUT2D eigenvalue weighted by Crippen LogP contribution is -2.03. The van der Waals surface area contributed by atoms with Gasteiger partial charge in [-0.3, -0.25) is 0 Å². The van der Waals surface area contributed by atoms with Crippen molar-refractivity contribution in [2.24, 2.45) is 11.8 Å². The Morgan fingerprint density at radius 1 is 1.15 bits per heavy atom. The van der Waals surface area contributed by atoms with Crippen LogP contribution < -0.4 is 0 Å². The molecule has 0 amide bonds. The summed E-state index contributed by atoms with van der Waals surface area (Å²) in [6.45, 7) is 12.4. The fourth-order valence-electron chi connectivity index (χ4n) is 1.84. The monoisotopic (exact) mass is 182 g/mol. The van der Waals surface area contributed by atoms with E-state index in [1.165, 1.54) is 38.5 Å². The van der Waals surface area contributed by atoms with E-state index < -0.39 is 0 Å². The summed E-state index contributed by atoms with van der Waals surface area (Å²) in [6, 6.07) is 0. The minimum Gasteiger partial charge on any atom is -0.0651 e. The van der Waals surface area contributed by atoms with Crippen LogP contribution in [0.15, 0.2) is 0 Å². The van der Waals surface area contributed by atoms with Crippen molar-refractivity contribution >= 4 is 0 Å². The molecule has 0 aromatic rings. The molecule has 0 aliphatic heterocycles. The molecule has 0 heteroatoms. The zero-order valence-corrected chi connectivity index (χ0v) is 9.52. The Morgan fingerprint density at radius 3 is 2.31 bits per heavy atom. The van der Waals surface area contributed by atoms with Gasteiger partial charge in [-0.25, -0.2) is 0 Å². The highest BCUT2D eigenvalue weighted by Gasteiger charge is 2.07. The molecule has 2 unspecified atom stereocenters. The highest BCUT2D eigenvalue weighted by atomic mass is 14.1. The number of hydrogen-bond acceptors (Lipinski definition) is 0. The molecule has 0 rings (SSSR count). The summed E-state index contributed by atoms with van der Waals surface area (Å²) in [6.07, 6.45) is 9.19. The lowest BCUT2D eigenvalue weighted by Gasteiger charge is -2.16. The molecule has 0 spiro atoms. The molecule has 0 N–H and O–H groups in total. The maximum absolute atomic E-state index is 4.06. The van der Waals surface area contributed by atoms with Crippen LogP contribution in [0.1, 0.15) is 58.8 Å². The number of rotatable bonds is 8. The lowest BCUT2D eigenvalue weighted by molar-refractivity contribution is 0.377. The molecule has 0 heterocycles. The van der Waals surface area contributed by atoms with Crippen LogP contribution in [0.4, 0.5) is 0 Å². The number of hydrogen-bond donors (Lipinski definition) is 0. The van der Waals surface area contributed by atoms with Gasteiger partial charge in [0.05, 0.1) is 0 Å². The fraction of sp³-hybridized carbons (Fsp3) is 0.846. The Balaban J connectivity index is 3.36. The van der Waals surface area contributed by atoms with Crippen LogP contribution in [-0.2, 0) is 0 Å². The molecule has 0 bridgehead atoms. The average Bonchev–Trinajstić information content (AvgIpc) is 2.09. The predicted octanol–water partition coefficient (Wildman–Crippen LogP) is 4.66. The summed E-state index contributed by atoms with van der Waals surface area (Å²) in [5.74, 6) is 1.54. The molecule has 0 nitrogen and oxygen atoms in total. The topological polar surface area (TPSA) is 0 Å². The van der Waals surface area contributed by atoms with Crippen LogP contribution in [0, 0.1) is 25.7 Å². The second kappa shape index (κ2) is 8.59. The van der Waals surface area contributed by atoms with E-state index in [1.807, 2.05) is 0 Å². The summed E-state index contributed by atoms with van der Waals surface area (Å²) in [5.41, 5.74) is 0. The van der Waals surface area contributed by atoms with E-state index in [9.17, 15) is 0 Å². The largest absolute Gasteiger partial charge is 0.0651 e. The average molecular weight is 182 g/mol. The molecule has 78 valence electrons. The highest BCUT2D eigenvalue weighted by Crippen LogP contribution is 2.21. The van der Waals surface area contributed by atoms with Crippen molar-refractivity contribution < 1.29 is 0 Å². The minimum absolute atomic E-state index is 0.623. The van der Waals surface area contributed by atoms with Crippen LogP contribution >= 0.6 is 0 Å². The zero-order valence-electron chi connectivity index (χ0n) is 9.52. The third-order valence-corrected chi connectivity index (χ3v) is 2.68. The van der Waals surface area contributed by atoms with Gasteiger partial charge in [0.15, 0.2) is 0 Å². The molecular formula is C13H26. The van der Waals surface area contributed by atoms with Crippen molar-refractivity contribution in [3.05, 3.63) is 13.8 Å². The van der Waals surface area contributed by atoms with Crippen molar-refractivity contribution in [3.63, 3.8) is 0 Å². The summed E-state index contributed by atoms with van der Waals surface area (Å²) >= 11 is 0. The quantitative estimate of drug-likeness (QED) is 0.479. The first-order valence-electron chi connectivity index (χ1n) is 5.83. The normalized spacial score (nSPS) is 13.6. The summed E-state index contributed by atoms with van der Waals surface area (Å²) in [7, 11) is 0. The van der Waals surface area contributed by atoms with Crippen molar-refractivity contribution in [3.8, 4) is 0 Å². The Kier molecular flexibility index (Phi) is 8.59. The van der Waals surface area contributed by atoms with Crippen molar-refractivity contribution in [2.45, 2.75) is 58.8 Å². The van der Waals surface area contributed by atoms with Crippen LogP contribution in [-0.4, -0.2) is 0 Å². The summed E-state index contributed by atoms with van der Waals surface area (Å²) in [5, 5.41) is 0. The van der Waals surface area contributed by atoms with Crippen LogP contribution in [0.5, 0.6) is 0 Å². The van der Waals surface area contributed by atoms with Crippen molar-refractivity contribution in [1.29, 1.82) is 0 Å². The predicted molar refractivity (Wildman–Crippen MR) is 61.4 cm³/mol. The van der Waals surface area contributed by atoms with Gasteiger partial charge < -0.3 is 0 Å². The van der Waals surface area contributed by atoms with Crippen LogP contribution in [0.25, 0.3) is 0 Å². The third-order valence-electron chi connectivity index (χ3n) is 2.68. The standard InChI is InChI=1S/C13H26/c1-5-7-8-9-10-13(6-2)11-12(3)4/h12-13H,1,3,5-11H2,2,4H3. The van der Waals surface area contributed by atoms with Gasteiger partial charge in [-0.1, -0.05) is 66.2 Å². The van der Waals surface area contributed by atoms with Gasteiger partial charge in [-0.15, -0.1) is 0 Å². The van der Waals surface area contributed by atoms with E-state index in [0.717, 1.165) is 12.3 Å². The molecule has 0 saturated heterocycles. The first-order valence-corrected chi connectivity index (χ1v) is 5.83. The van der Waals surface area contributed by atoms with E-state index in [-0.39, 0.29) is 0 Å². The Hall–Kier alpha value is 0. The van der Waals surface area contributed by atoms with Gasteiger partial charge in [0.1, 0.15) is 0 Å². The SMILES string of the molecule is [CH2]CCCCCC(CC)CC([CH2])C. The summed E-state index contributed by atoms with van der Waals surface area (Å²) < 4.78 is 0. The van der Waals surface area contributed by atoms with Gasteiger partial charge in [0, 0.05) is 0 Å². The Bertz CT molecular complexity index is 94.2. The van der Waals surface area contributed by atoms with Crippen LogP contribution in [0.2, 0.25) is 0 Å². The second-order valence-electron chi connectivity index (χ2n) is 4.32. The van der Waals surface area contributed by atoms with Gasteiger partial charge in [-0.05, 0) is 18.3 Å². The van der Waals surface area contributed by atoms with Gasteiger partial charge >= 0.3 is 0 Å². The highest BCUT2D eigenvalue weighted by molar-refractivity contribution is 4.64. The molecule has 0 aromatic heterocycles. The van der Waals surface area contributed by atoms with E-state index in [2.05, 4.69) is 27.7 Å². The zero-order chi connectivity index (χ0) is 10.1. The maximum atomic E-state index is 4.06. The molecule has 13 heavy (non-hydrogen) atoms. The molecule has 0 aromatic carbocycles. The van der Waals surface area contributed by atoms with E-state index in [4.69, 9.17) is 0 Å². The first kappa shape index (κ1) is 13.0. The number of unbranched alkanes of at least 4 members (excludes halogenated alkanes) is 3. The van der Waals surface area contributed by atoms with Crippen molar-refractivity contribution in [1.82, 2.24) is 0 Å². The molecule has 0 fully saturated rings. The fourth-order valence-corrected chi connectivity index (χ4v) is 1.84. The molecule has 2 atom stereocenters. The molecule has 0 saturated carbocycles. The van der Waals surface area contributed by atoms with Gasteiger partial charge in [0.2, 0.25) is 0 Å². The minimum atomic E-state index is 0.623. The Morgan fingerprint density at radius 2 is 1.85 bits per heavy atom. The lowest BCUT2D eigenvalue weighted by atomic mass is 9.90. The van der Waals surface area contributed by atoms with E-state index in [0.29, 0.717) is 5.92 Å². The molecule has 0 aliphatic carbocycles. The van der Waals surface area contributed by atoms with E-state index >= 15 is 0 Å². The Labute approximate surface area is 85.1 Å². The first-order chi connectivity index (χ1) is 6.20.